The fourth-order valence-electron chi connectivity index (χ4n) is 1.89. The minimum absolute atomic E-state index is 0.175. The van der Waals surface area contributed by atoms with E-state index in [0.29, 0.717) is 5.69 Å². The highest BCUT2D eigenvalue weighted by molar-refractivity contribution is 7.80. The number of imidazole rings is 1. The molecular formula is C13H12F3N3S. The summed E-state index contributed by atoms with van der Waals surface area (Å²) < 4.78 is 40.8. The van der Waals surface area contributed by atoms with Crippen molar-refractivity contribution in [3.05, 3.63) is 47.0 Å². The van der Waals surface area contributed by atoms with Gasteiger partial charge in [-0.05, 0) is 32.0 Å². The average Bonchev–Trinajstić information content (AvgIpc) is 2.68. The predicted molar refractivity (Wildman–Crippen MR) is 73.9 cm³/mol. The van der Waals surface area contributed by atoms with E-state index in [2.05, 4.69) is 17.2 Å². The Balaban J connectivity index is 2.64. The van der Waals surface area contributed by atoms with Gasteiger partial charge in [-0.2, -0.15) is 13.2 Å². The number of alkyl halides is 3. The van der Waals surface area contributed by atoms with Gasteiger partial charge in [0.25, 0.3) is 0 Å². The van der Waals surface area contributed by atoms with Crippen molar-refractivity contribution in [3.8, 4) is 5.69 Å². The van der Waals surface area contributed by atoms with Crippen LogP contribution in [0, 0.1) is 13.8 Å². The number of thiocarbonyl (C=S) groups is 1. The third-order valence-corrected chi connectivity index (χ3v) is 3.32. The van der Waals surface area contributed by atoms with Crippen LogP contribution in [0.5, 0.6) is 0 Å². The van der Waals surface area contributed by atoms with Crippen molar-refractivity contribution in [1.29, 1.82) is 0 Å². The molecule has 0 fully saturated rings. The maximum absolute atomic E-state index is 13.1. The zero-order chi connectivity index (χ0) is 15.1. The van der Waals surface area contributed by atoms with Crippen LogP contribution in [-0.4, -0.2) is 14.5 Å². The molecule has 0 bridgehead atoms. The van der Waals surface area contributed by atoms with Crippen LogP contribution >= 0.6 is 12.2 Å². The van der Waals surface area contributed by atoms with Crippen molar-refractivity contribution in [2.24, 2.45) is 5.73 Å². The summed E-state index contributed by atoms with van der Waals surface area (Å²) in [5.74, 6) is 0. The number of nitrogens with two attached hydrogens (primary N) is 1. The molecule has 7 heteroatoms. The molecule has 0 amide bonds. The standard InChI is InChI=1S/C13H12F3N3S/c1-7-8(2)19(6-18-7)9-3-4-10(12(17)20)11(5-9)13(14,15)16/h3-6H,1-2H3,(H2,17,20). The number of nitrogens with zero attached hydrogens (tertiary/aromatic N) is 2. The van der Waals surface area contributed by atoms with Crippen LogP contribution in [0.4, 0.5) is 13.2 Å². The third kappa shape index (κ3) is 2.53. The minimum Gasteiger partial charge on any atom is -0.389 e. The quantitative estimate of drug-likeness (QED) is 0.866. The molecule has 0 atom stereocenters. The number of hydrogen-bond acceptors (Lipinski definition) is 2. The number of halogens is 3. The molecule has 3 nitrogen and oxygen atoms in total. The molecule has 1 heterocycles. The highest BCUT2D eigenvalue weighted by Crippen LogP contribution is 2.33. The lowest BCUT2D eigenvalue weighted by Gasteiger charge is -2.14. The first kappa shape index (κ1) is 14.5. The second kappa shape index (κ2) is 4.90. The van der Waals surface area contributed by atoms with Crippen molar-refractivity contribution in [2.75, 3.05) is 0 Å². The van der Waals surface area contributed by atoms with Crippen molar-refractivity contribution >= 4 is 17.2 Å². The smallest absolute Gasteiger partial charge is 0.389 e. The van der Waals surface area contributed by atoms with E-state index in [1.54, 1.807) is 18.4 Å². The highest BCUT2D eigenvalue weighted by atomic mass is 32.1. The van der Waals surface area contributed by atoms with E-state index in [1.807, 2.05) is 0 Å². The van der Waals surface area contributed by atoms with Crippen molar-refractivity contribution in [1.82, 2.24) is 9.55 Å². The molecule has 0 aliphatic carbocycles. The Morgan fingerprint density at radius 3 is 2.40 bits per heavy atom. The topological polar surface area (TPSA) is 43.8 Å². The molecule has 2 aromatic rings. The third-order valence-electron chi connectivity index (χ3n) is 3.10. The summed E-state index contributed by atoms with van der Waals surface area (Å²) in [6.45, 7) is 3.58. The lowest BCUT2D eigenvalue weighted by atomic mass is 10.1. The average molecular weight is 299 g/mol. The lowest BCUT2D eigenvalue weighted by Crippen LogP contribution is -2.18. The van der Waals surface area contributed by atoms with Crippen molar-refractivity contribution in [3.63, 3.8) is 0 Å². The van der Waals surface area contributed by atoms with Gasteiger partial charge in [0.2, 0.25) is 0 Å². The van der Waals surface area contributed by atoms with E-state index in [1.165, 1.54) is 18.5 Å². The fraction of sp³-hybridized carbons (Fsp3) is 0.231. The monoisotopic (exact) mass is 299 g/mol. The highest BCUT2D eigenvalue weighted by Gasteiger charge is 2.34. The van der Waals surface area contributed by atoms with E-state index < -0.39 is 11.7 Å². The summed E-state index contributed by atoms with van der Waals surface area (Å²) >= 11 is 4.67. The van der Waals surface area contributed by atoms with Gasteiger partial charge in [0.15, 0.2) is 0 Å². The van der Waals surface area contributed by atoms with Gasteiger partial charge in [0, 0.05) is 16.9 Å². The summed E-state index contributed by atoms with van der Waals surface area (Å²) in [4.78, 5) is 3.80. The molecule has 20 heavy (non-hydrogen) atoms. The van der Waals surface area contributed by atoms with Crippen LogP contribution in [0.3, 0.4) is 0 Å². The molecule has 0 radical (unpaired) electrons. The van der Waals surface area contributed by atoms with Crippen LogP contribution < -0.4 is 5.73 Å². The van der Waals surface area contributed by atoms with E-state index in [-0.39, 0.29) is 10.6 Å². The van der Waals surface area contributed by atoms with Crippen LogP contribution in [-0.2, 0) is 6.18 Å². The summed E-state index contributed by atoms with van der Waals surface area (Å²) in [5, 5.41) is 0. The van der Waals surface area contributed by atoms with Gasteiger partial charge in [0.1, 0.15) is 4.99 Å². The molecule has 2 N–H and O–H groups in total. The van der Waals surface area contributed by atoms with E-state index in [0.717, 1.165) is 17.5 Å². The molecule has 0 saturated heterocycles. The first-order valence-electron chi connectivity index (χ1n) is 5.73. The minimum atomic E-state index is -4.52. The van der Waals surface area contributed by atoms with Crippen molar-refractivity contribution < 1.29 is 13.2 Å². The van der Waals surface area contributed by atoms with Gasteiger partial charge < -0.3 is 10.3 Å². The molecule has 1 aromatic carbocycles. The van der Waals surface area contributed by atoms with E-state index in [9.17, 15) is 13.2 Å². The molecule has 106 valence electrons. The molecule has 0 aliphatic rings. The van der Waals surface area contributed by atoms with Crippen LogP contribution in [0.25, 0.3) is 5.69 Å². The van der Waals surface area contributed by atoms with Gasteiger partial charge >= 0.3 is 6.18 Å². The first-order chi connectivity index (χ1) is 9.21. The van der Waals surface area contributed by atoms with E-state index in [4.69, 9.17) is 5.73 Å². The molecule has 0 saturated carbocycles. The lowest BCUT2D eigenvalue weighted by molar-refractivity contribution is -0.137. The Kier molecular flexibility index (Phi) is 3.56. The number of aryl methyl sites for hydroxylation is 1. The number of hydrogen-bond donors (Lipinski definition) is 1. The Morgan fingerprint density at radius 1 is 1.30 bits per heavy atom. The summed E-state index contributed by atoms with van der Waals surface area (Å²) in [7, 11) is 0. The Hall–Kier alpha value is -1.89. The van der Waals surface area contributed by atoms with Crippen LogP contribution in [0.2, 0.25) is 0 Å². The molecular weight excluding hydrogens is 287 g/mol. The van der Waals surface area contributed by atoms with Crippen LogP contribution in [0.15, 0.2) is 24.5 Å². The van der Waals surface area contributed by atoms with Crippen molar-refractivity contribution in [2.45, 2.75) is 20.0 Å². The van der Waals surface area contributed by atoms with Gasteiger partial charge in [-0.25, -0.2) is 4.98 Å². The number of rotatable bonds is 2. The molecule has 2 rings (SSSR count). The van der Waals surface area contributed by atoms with Gasteiger partial charge in [-0.1, -0.05) is 12.2 Å². The zero-order valence-corrected chi connectivity index (χ0v) is 11.6. The molecule has 0 spiro atoms. The SMILES string of the molecule is Cc1ncn(-c2ccc(C(N)=S)c(C(F)(F)F)c2)c1C. The number of benzene rings is 1. The first-order valence-corrected chi connectivity index (χ1v) is 6.14. The maximum atomic E-state index is 13.1. The van der Waals surface area contributed by atoms with E-state index >= 15 is 0 Å². The fourth-order valence-corrected chi connectivity index (χ4v) is 2.07. The molecule has 0 aliphatic heterocycles. The second-order valence-corrected chi connectivity index (χ2v) is 4.82. The summed E-state index contributed by atoms with van der Waals surface area (Å²) in [5.41, 5.74) is 6.24. The zero-order valence-electron chi connectivity index (χ0n) is 10.8. The molecule has 1 aromatic heterocycles. The Morgan fingerprint density at radius 2 is 1.95 bits per heavy atom. The summed E-state index contributed by atoms with van der Waals surface area (Å²) in [6, 6.07) is 3.86. The second-order valence-electron chi connectivity index (χ2n) is 4.38. The molecule has 0 unspecified atom stereocenters. The van der Waals surface area contributed by atoms with Gasteiger partial charge in [-0.15, -0.1) is 0 Å². The maximum Gasteiger partial charge on any atom is 0.417 e. The number of aromatic nitrogens is 2. The Bertz CT molecular complexity index is 674. The summed E-state index contributed by atoms with van der Waals surface area (Å²) in [6.07, 6.45) is -3.03. The van der Waals surface area contributed by atoms with Crippen LogP contribution in [0.1, 0.15) is 22.5 Å². The van der Waals surface area contributed by atoms with Gasteiger partial charge in [-0.3, -0.25) is 0 Å². The largest absolute Gasteiger partial charge is 0.417 e. The Labute approximate surface area is 119 Å². The van der Waals surface area contributed by atoms with Gasteiger partial charge in [0.05, 0.1) is 17.6 Å². The predicted octanol–water partition coefficient (Wildman–Crippen LogP) is 3.14. The normalized spacial score (nSPS) is 11.7.